The Kier molecular flexibility index (Phi) is 7.69. The van der Waals surface area contributed by atoms with Gasteiger partial charge < -0.3 is 11.1 Å². The lowest BCUT2D eigenvalue weighted by molar-refractivity contribution is -0.121. The van der Waals surface area contributed by atoms with Crippen molar-refractivity contribution in [2.75, 3.05) is 6.54 Å². The summed E-state index contributed by atoms with van der Waals surface area (Å²) in [6, 6.07) is 0.284. The van der Waals surface area contributed by atoms with Gasteiger partial charge in [0.1, 0.15) is 0 Å². The maximum atomic E-state index is 11.0. The van der Waals surface area contributed by atoms with Gasteiger partial charge in [-0.15, -0.1) is 0 Å². The van der Waals surface area contributed by atoms with Gasteiger partial charge in [0, 0.05) is 19.0 Å². The van der Waals surface area contributed by atoms with Crippen molar-refractivity contribution in [1.82, 2.24) is 5.32 Å². The van der Waals surface area contributed by atoms with E-state index in [1.54, 1.807) is 0 Å². The van der Waals surface area contributed by atoms with E-state index >= 15 is 0 Å². The molecule has 0 rings (SSSR count). The van der Waals surface area contributed by atoms with Crippen LogP contribution in [-0.2, 0) is 4.79 Å². The van der Waals surface area contributed by atoms with E-state index in [2.05, 4.69) is 5.32 Å². The SMILES string of the molecule is CCCC(=O)NCCCCC(C)N. The molecule has 0 aromatic rings. The molecule has 1 atom stereocenters. The predicted molar refractivity (Wildman–Crippen MR) is 55.4 cm³/mol. The Hall–Kier alpha value is -0.570. The number of hydrogen-bond donors (Lipinski definition) is 2. The summed E-state index contributed by atoms with van der Waals surface area (Å²) in [4.78, 5) is 11.0. The number of carbonyl (C=O) groups is 1. The van der Waals surface area contributed by atoms with Crippen molar-refractivity contribution >= 4 is 5.91 Å². The molecule has 3 N–H and O–H groups in total. The van der Waals surface area contributed by atoms with Crippen LogP contribution in [-0.4, -0.2) is 18.5 Å². The summed E-state index contributed by atoms with van der Waals surface area (Å²) in [7, 11) is 0. The quantitative estimate of drug-likeness (QED) is 0.591. The number of amides is 1. The van der Waals surface area contributed by atoms with E-state index in [4.69, 9.17) is 5.73 Å². The fourth-order valence-electron chi connectivity index (χ4n) is 1.13. The molecule has 3 nitrogen and oxygen atoms in total. The fourth-order valence-corrected chi connectivity index (χ4v) is 1.13. The van der Waals surface area contributed by atoms with Crippen LogP contribution in [0.2, 0.25) is 0 Å². The van der Waals surface area contributed by atoms with Crippen molar-refractivity contribution in [1.29, 1.82) is 0 Å². The van der Waals surface area contributed by atoms with Crippen LogP contribution < -0.4 is 11.1 Å². The monoisotopic (exact) mass is 186 g/mol. The molecule has 0 aliphatic carbocycles. The van der Waals surface area contributed by atoms with Gasteiger partial charge in [-0.3, -0.25) is 4.79 Å². The van der Waals surface area contributed by atoms with Crippen LogP contribution in [0.3, 0.4) is 0 Å². The molecule has 13 heavy (non-hydrogen) atoms. The van der Waals surface area contributed by atoms with Crippen molar-refractivity contribution in [3.63, 3.8) is 0 Å². The molecule has 1 unspecified atom stereocenters. The highest BCUT2D eigenvalue weighted by atomic mass is 16.1. The smallest absolute Gasteiger partial charge is 0.219 e. The first kappa shape index (κ1) is 12.4. The van der Waals surface area contributed by atoms with Crippen molar-refractivity contribution in [2.24, 2.45) is 5.73 Å². The molecular formula is C10H22N2O. The number of carbonyl (C=O) groups excluding carboxylic acids is 1. The molecule has 0 spiro atoms. The third kappa shape index (κ3) is 9.34. The molecule has 0 radical (unpaired) electrons. The molecule has 3 heteroatoms. The molecule has 0 bridgehead atoms. The van der Waals surface area contributed by atoms with Gasteiger partial charge in [-0.05, 0) is 26.2 Å². The van der Waals surface area contributed by atoms with Crippen molar-refractivity contribution in [3.8, 4) is 0 Å². The van der Waals surface area contributed by atoms with Gasteiger partial charge in [-0.1, -0.05) is 13.3 Å². The molecule has 0 fully saturated rings. The Labute approximate surface area is 81.1 Å². The molecular weight excluding hydrogens is 164 g/mol. The van der Waals surface area contributed by atoms with Crippen molar-refractivity contribution in [3.05, 3.63) is 0 Å². The number of hydrogen-bond acceptors (Lipinski definition) is 2. The van der Waals surface area contributed by atoms with Crippen LogP contribution in [0.1, 0.15) is 46.0 Å². The molecule has 1 amide bonds. The van der Waals surface area contributed by atoms with E-state index in [9.17, 15) is 4.79 Å². The second kappa shape index (κ2) is 8.05. The van der Waals surface area contributed by atoms with Crippen molar-refractivity contribution < 1.29 is 4.79 Å². The summed E-state index contributed by atoms with van der Waals surface area (Å²) in [6.07, 6.45) is 4.75. The molecule has 0 saturated carbocycles. The minimum atomic E-state index is 0.170. The second-order valence-corrected chi connectivity index (χ2v) is 3.57. The number of nitrogens with one attached hydrogen (secondary N) is 1. The minimum Gasteiger partial charge on any atom is -0.356 e. The Bertz CT molecular complexity index is 135. The summed E-state index contributed by atoms with van der Waals surface area (Å²) in [6.45, 7) is 4.82. The highest BCUT2D eigenvalue weighted by Gasteiger charge is 1.98. The second-order valence-electron chi connectivity index (χ2n) is 3.57. The van der Waals surface area contributed by atoms with E-state index in [-0.39, 0.29) is 11.9 Å². The predicted octanol–water partition coefficient (Wildman–Crippen LogP) is 1.42. The Balaban J connectivity index is 3.11. The third-order valence-corrected chi connectivity index (χ3v) is 1.89. The fraction of sp³-hybridized carbons (Fsp3) is 0.900. The zero-order valence-corrected chi connectivity index (χ0v) is 8.81. The molecule has 0 heterocycles. The topological polar surface area (TPSA) is 55.1 Å². The summed E-state index contributed by atoms with van der Waals surface area (Å²) in [5.74, 6) is 0.170. The highest BCUT2D eigenvalue weighted by Crippen LogP contribution is 1.97. The van der Waals surface area contributed by atoms with E-state index in [0.29, 0.717) is 6.42 Å². The van der Waals surface area contributed by atoms with E-state index in [0.717, 1.165) is 32.2 Å². The van der Waals surface area contributed by atoms with Gasteiger partial charge in [-0.2, -0.15) is 0 Å². The summed E-state index contributed by atoms with van der Waals surface area (Å²) in [5.41, 5.74) is 5.59. The Morgan fingerprint density at radius 3 is 2.69 bits per heavy atom. The lowest BCUT2D eigenvalue weighted by atomic mass is 10.1. The number of nitrogens with two attached hydrogens (primary N) is 1. The standard InChI is InChI=1S/C10H22N2O/c1-3-6-10(13)12-8-5-4-7-9(2)11/h9H,3-8,11H2,1-2H3,(H,12,13). The van der Waals surface area contributed by atoms with Gasteiger partial charge in [0.05, 0.1) is 0 Å². The molecule has 0 aliphatic rings. The minimum absolute atomic E-state index is 0.170. The molecule has 0 aromatic heterocycles. The van der Waals surface area contributed by atoms with Gasteiger partial charge in [0.25, 0.3) is 0 Å². The average Bonchev–Trinajstić information content (AvgIpc) is 2.03. The first-order valence-corrected chi connectivity index (χ1v) is 5.19. The molecule has 0 aliphatic heterocycles. The molecule has 0 aromatic carbocycles. The third-order valence-electron chi connectivity index (χ3n) is 1.89. The van der Waals surface area contributed by atoms with Gasteiger partial charge in [0.15, 0.2) is 0 Å². The van der Waals surface area contributed by atoms with Gasteiger partial charge >= 0.3 is 0 Å². The van der Waals surface area contributed by atoms with Crippen LogP contribution in [0.25, 0.3) is 0 Å². The summed E-state index contributed by atoms with van der Waals surface area (Å²) in [5, 5.41) is 2.88. The van der Waals surface area contributed by atoms with Crippen LogP contribution >= 0.6 is 0 Å². The summed E-state index contributed by atoms with van der Waals surface area (Å²) >= 11 is 0. The lowest BCUT2D eigenvalue weighted by Gasteiger charge is -2.05. The Morgan fingerprint density at radius 2 is 2.15 bits per heavy atom. The van der Waals surface area contributed by atoms with Crippen LogP contribution in [0, 0.1) is 0 Å². The maximum Gasteiger partial charge on any atom is 0.219 e. The Morgan fingerprint density at radius 1 is 1.46 bits per heavy atom. The van der Waals surface area contributed by atoms with Crippen LogP contribution in [0.4, 0.5) is 0 Å². The number of unbranched alkanes of at least 4 members (excludes halogenated alkanes) is 1. The number of rotatable bonds is 7. The maximum absolute atomic E-state index is 11.0. The van der Waals surface area contributed by atoms with E-state index < -0.39 is 0 Å². The lowest BCUT2D eigenvalue weighted by Crippen LogP contribution is -2.24. The highest BCUT2D eigenvalue weighted by molar-refractivity contribution is 5.75. The van der Waals surface area contributed by atoms with Crippen LogP contribution in [0.15, 0.2) is 0 Å². The first-order valence-electron chi connectivity index (χ1n) is 5.19. The zero-order valence-electron chi connectivity index (χ0n) is 8.81. The van der Waals surface area contributed by atoms with E-state index in [1.165, 1.54) is 0 Å². The average molecular weight is 186 g/mol. The largest absolute Gasteiger partial charge is 0.356 e. The molecule has 0 saturated heterocycles. The van der Waals surface area contributed by atoms with Crippen molar-refractivity contribution in [2.45, 2.75) is 52.0 Å². The van der Waals surface area contributed by atoms with Crippen LogP contribution in [0.5, 0.6) is 0 Å². The van der Waals surface area contributed by atoms with E-state index in [1.807, 2.05) is 13.8 Å². The van der Waals surface area contributed by atoms with Gasteiger partial charge in [0.2, 0.25) is 5.91 Å². The molecule has 78 valence electrons. The van der Waals surface area contributed by atoms with Gasteiger partial charge in [-0.25, -0.2) is 0 Å². The first-order chi connectivity index (χ1) is 6.16. The zero-order chi connectivity index (χ0) is 10.1. The normalized spacial score (nSPS) is 12.5. The summed E-state index contributed by atoms with van der Waals surface area (Å²) < 4.78 is 0.